The molecule has 1 aromatic carbocycles. The van der Waals surface area contributed by atoms with E-state index in [0.29, 0.717) is 6.61 Å². The summed E-state index contributed by atoms with van der Waals surface area (Å²) in [4.78, 5) is 0. The molecule has 0 spiro atoms. The van der Waals surface area contributed by atoms with Crippen molar-refractivity contribution in [2.24, 2.45) is 5.73 Å². The summed E-state index contributed by atoms with van der Waals surface area (Å²) in [5.41, 5.74) is 8.46. The Hall–Kier alpha value is -1.28. The lowest BCUT2D eigenvalue weighted by atomic mass is 10.0. The largest absolute Gasteiger partial charge is 0.490 e. The molecule has 1 rings (SSSR count). The average molecular weight is 233 g/mol. The molecule has 1 unspecified atom stereocenters. The second-order valence-corrected chi connectivity index (χ2v) is 4.61. The summed E-state index contributed by atoms with van der Waals surface area (Å²) in [6, 6.07) is 8.46. The standard InChI is InChI=1S/C15H23NO/c1-4-14(16)11-13-5-7-15(8-6-13)17-10-9-12(2)3/h5-9,14H,4,10-11,16H2,1-3H3. The molecule has 1 atom stereocenters. The fourth-order valence-electron chi connectivity index (χ4n) is 1.47. The molecule has 0 heterocycles. The van der Waals surface area contributed by atoms with E-state index in [1.54, 1.807) is 0 Å². The van der Waals surface area contributed by atoms with Crippen LogP contribution in [0, 0.1) is 0 Å². The van der Waals surface area contributed by atoms with Crippen LogP contribution in [0.4, 0.5) is 0 Å². The topological polar surface area (TPSA) is 35.2 Å². The van der Waals surface area contributed by atoms with E-state index in [2.05, 4.69) is 39.0 Å². The first-order chi connectivity index (χ1) is 8.11. The first-order valence-corrected chi connectivity index (χ1v) is 6.22. The lowest BCUT2D eigenvalue weighted by Crippen LogP contribution is -2.21. The fraction of sp³-hybridized carbons (Fsp3) is 0.467. The number of benzene rings is 1. The number of ether oxygens (including phenoxy) is 1. The van der Waals surface area contributed by atoms with Gasteiger partial charge in [0.25, 0.3) is 0 Å². The molecule has 0 saturated carbocycles. The lowest BCUT2D eigenvalue weighted by Gasteiger charge is -2.09. The molecule has 0 aliphatic rings. The minimum atomic E-state index is 0.257. The number of rotatable bonds is 6. The molecule has 0 fully saturated rings. The highest BCUT2D eigenvalue weighted by Gasteiger charge is 2.01. The molecule has 2 N–H and O–H groups in total. The molecule has 0 aliphatic carbocycles. The summed E-state index contributed by atoms with van der Waals surface area (Å²) in [5.74, 6) is 0.913. The Balaban J connectivity index is 2.47. The maximum Gasteiger partial charge on any atom is 0.119 e. The van der Waals surface area contributed by atoms with Crippen LogP contribution in [0.2, 0.25) is 0 Å². The van der Waals surface area contributed by atoms with Gasteiger partial charge in [0, 0.05) is 6.04 Å². The van der Waals surface area contributed by atoms with Crippen molar-refractivity contribution in [1.82, 2.24) is 0 Å². The van der Waals surface area contributed by atoms with E-state index in [1.165, 1.54) is 11.1 Å². The van der Waals surface area contributed by atoms with Gasteiger partial charge in [0.15, 0.2) is 0 Å². The monoisotopic (exact) mass is 233 g/mol. The Bertz CT molecular complexity index is 350. The van der Waals surface area contributed by atoms with Crippen molar-refractivity contribution in [1.29, 1.82) is 0 Å². The van der Waals surface area contributed by atoms with E-state index in [4.69, 9.17) is 10.5 Å². The van der Waals surface area contributed by atoms with Crippen molar-refractivity contribution in [2.45, 2.75) is 39.7 Å². The molecule has 94 valence electrons. The van der Waals surface area contributed by atoms with Gasteiger partial charge in [-0.2, -0.15) is 0 Å². The van der Waals surface area contributed by atoms with Crippen LogP contribution < -0.4 is 10.5 Å². The third-order valence-corrected chi connectivity index (χ3v) is 2.69. The zero-order chi connectivity index (χ0) is 12.7. The maximum absolute atomic E-state index is 5.92. The molecule has 1 aromatic rings. The average Bonchev–Trinajstić information content (AvgIpc) is 2.31. The van der Waals surface area contributed by atoms with Crippen molar-refractivity contribution in [3.05, 3.63) is 41.5 Å². The number of hydrogen-bond donors (Lipinski definition) is 1. The predicted octanol–water partition coefficient (Wildman–Crippen LogP) is 3.31. The normalized spacial score (nSPS) is 12.0. The van der Waals surface area contributed by atoms with Gasteiger partial charge in [-0.15, -0.1) is 0 Å². The van der Waals surface area contributed by atoms with Gasteiger partial charge in [-0.1, -0.05) is 24.6 Å². The lowest BCUT2D eigenvalue weighted by molar-refractivity contribution is 0.362. The molecule has 0 aromatic heterocycles. The molecule has 0 aliphatic heterocycles. The molecule has 2 heteroatoms. The molecule has 0 bridgehead atoms. The number of allylic oxidation sites excluding steroid dienone is 1. The first kappa shape index (κ1) is 13.8. The zero-order valence-electron chi connectivity index (χ0n) is 11.1. The highest BCUT2D eigenvalue weighted by atomic mass is 16.5. The van der Waals surface area contributed by atoms with Crippen LogP contribution in [-0.4, -0.2) is 12.6 Å². The van der Waals surface area contributed by atoms with E-state index in [0.717, 1.165) is 18.6 Å². The van der Waals surface area contributed by atoms with Crippen LogP contribution in [0.1, 0.15) is 32.8 Å². The van der Waals surface area contributed by atoms with Crippen LogP contribution in [-0.2, 0) is 6.42 Å². The van der Waals surface area contributed by atoms with Crippen LogP contribution in [0.5, 0.6) is 5.75 Å². The summed E-state index contributed by atoms with van der Waals surface area (Å²) >= 11 is 0. The fourth-order valence-corrected chi connectivity index (χ4v) is 1.47. The van der Waals surface area contributed by atoms with Crippen LogP contribution in [0.25, 0.3) is 0 Å². The number of nitrogens with two attached hydrogens (primary N) is 1. The van der Waals surface area contributed by atoms with Crippen molar-refractivity contribution < 1.29 is 4.74 Å². The van der Waals surface area contributed by atoms with Gasteiger partial charge in [0.2, 0.25) is 0 Å². The van der Waals surface area contributed by atoms with Crippen molar-refractivity contribution in [2.75, 3.05) is 6.61 Å². The minimum Gasteiger partial charge on any atom is -0.490 e. The van der Waals surface area contributed by atoms with Gasteiger partial charge in [-0.25, -0.2) is 0 Å². The van der Waals surface area contributed by atoms with Gasteiger partial charge in [0.1, 0.15) is 12.4 Å². The molecule has 2 nitrogen and oxygen atoms in total. The number of hydrogen-bond acceptors (Lipinski definition) is 2. The third kappa shape index (κ3) is 5.55. The van der Waals surface area contributed by atoms with Crippen LogP contribution in [0.3, 0.4) is 0 Å². The summed E-state index contributed by atoms with van der Waals surface area (Å²) in [7, 11) is 0. The highest BCUT2D eigenvalue weighted by molar-refractivity contribution is 5.28. The SMILES string of the molecule is CCC(N)Cc1ccc(OCC=C(C)C)cc1. The van der Waals surface area contributed by atoms with Crippen molar-refractivity contribution in [3.8, 4) is 5.75 Å². The van der Waals surface area contributed by atoms with E-state index >= 15 is 0 Å². The Labute approximate surface area is 104 Å². The molecular formula is C15H23NO. The van der Waals surface area contributed by atoms with Gasteiger partial charge in [-0.05, 0) is 50.5 Å². The Morgan fingerprint density at radius 1 is 1.29 bits per heavy atom. The van der Waals surface area contributed by atoms with Gasteiger partial charge in [-0.3, -0.25) is 0 Å². The molecule has 0 amide bonds. The quantitative estimate of drug-likeness (QED) is 0.765. The Kier molecular flexibility index (Phi) is 5.78. The van der Waals surface area contributed by atoms with Crippen LogP contribution >= 0.6 is 0 Å². The van der Waals surface area contributed by atoms with E-state index in [-0.39, 0.29) is 6.04 Å². The second-order valence-electron chi connectivity index (χ2n) is 4.61. The summed E-state index contributed by atoms with van der Waals surface area (Å²) < 4.78 is 5.60. The van der Waals surface area contributed by atoms with Gasteiger partial charge >= 0.3 is 0 Å². The summed E-state index contributed by atoms with van der Waals surface area (Å²) in [6.45, 7) is 6.88. The van der Waals surface area contributed by atoms with Crippen molar-refractivity contribution in [3.63, 3.8) is 0 Å². The first-order valence-electron chi connectivity index (χ1n) is 6.22. The maximum atomic E-state index is 5.92. The molecular weight excluding hydrogens is 210 g/mol. The van der Waals surface area contributed by atoms with E-state index < -0.39 is 0 Å². The highest BCUT2D eigenvalue weighted by Crippen LogP contribution is 2.13. The Morgan fingerprint density at radius 2 is 1.94 bits per heavy atom. The van der Waals surface area contributed by atoms with E-state index in [9.17, 15) is 0 Å². The molecule has 17 heavy (non-hydrogen) atoms. The second kappa shape index (κ2) is 7.13. The van der Waals surface area contributed by atoms with E-state index in [1.807, 2.05) is 12.1 Å². The minimum absolute atomic E-state index is 0.257. The summed E-state index contributed by atoms with van der Waals surface area (Å²) in [5, 5.41) is 0. The van der Waals surface area contributed by atoms with Gasteiger partial charge in [0.05, 0.1) is 0 Å². The zero-order valence-corrected chi connectivity index (χ0v) is 11.1. The summed E-state index contributed by atoms with van der Waals surface area (Å²) in [6.07, 6.45) is 4.02. The van der Waals surface area contributed by atoms with Crippen molar-refractivity contribution >= 4 is 0 Å². The van der Waals surface area contributed by atoms with Gasteiger partial charge < -0.3 is 10.5 Å². The molecule has 0 radical (unpaired) electrons. The smallest absolute Gasteiger partial charge is 0.119 e. The van der Waals surface area contributed by atoms with Crippen LogP contribution in [0.15, 0.2) is 35.9 Å². The Morgan fingerprint density at radius 3 is 2.47 bits per heavy atom. The third-order valence-electron chi connectivity index (χ3n) is 2.69. The predicted molar refractivity (Wildman–Crippen MR) is 73.3 cm³/mol. The molecule has 0 saturated heterocycles.